The maximum atomic E-state index is 12.3. The first-order valence-electron chi connectivity index (χ1n) is 7.64. The summed E-state index contributed by atoms with van der Waals surface area (Å²) in [6.45, 7) is 4.21. The number of carbonyl (C=O) groups is 2. The first-order valence-corrected chi connectivity index (χ1v) is 7.64. The van der Waals surface area contributed by atoms with Crippen LogP contribution in [-0.4, -0.2) is 25.5 Å². The van der Waals surface area contributed by atoms with E-state index in [4.69, 9.17) is 15.2 Å². The Bertz CT molecular complexity index is 787. The minimum Gasteiger partial charge on any atom is -0.493 e. The number of primary amides is 1. The van der Waals surface area contributed by atoms with E-state index >= 15 is 0 Å². The highest BCUT2D eigenvalue weighted by atomic mass is 16.5. The Kier molecular flexibility index (Phi) is 6.17. The number of ether oxygens (including phenoxy) is 2. The lowest BCUT2D eigenvalue weighted by Crippen LogP contribution is -2.23. The number of methoxy groups -OCH3 is 1. The van der Waals surface area contributed by atoms with Gasteiger partial charge in [0.05, 0.1) is 7.11 Å². The largest absolute Gasteiger partial charge is 0.493 e. The minimum absolute atomic E-state index is 0.266. The molecule has 6 heteroatoms. The fraction of sp³-hybridized carbons (Fsp3) is 0.158. The van der Waals surface area contributed by atoms with Crippen molar-refractivity contribution in [1.82, 2.24) is 5.32 Å². The molecule has 0 heterocycles. The molecule has 0 unspecified atom stereocenters. The third kappa shape index (κ3) is 4.84. The number of hydrogen-bond donors (Lipinski definition) is 2. The van der Waals surface area contributed by atoms with Crippen molar-refractivity contribution in [2.75, 3.05) is 13.7 Å². The second-order valence-electron chi connectivity index (χ2n) is 5.21. The zero-order valence-electron chi connectivity index (χ0n) is 14.0. The van der Waals surface area contributed by atoms with Crippen LogP contribution in [0.5, 0.6) is 11.5 Å². The Labute approximate surface area is 146 Å². The van der Waals surface area contributed by atoms with Gasteiger partial charge < -0.3 is 20.5 Å². The molecular formula is C19H20N2O4. The van der Waals surface area contributed by atoms with Crippen LogP contribution in [0, 0.1) is 0 Å². The monoisotopic (exact) mass is 340 g/mol. The van der Waals surface area contributed by atoms with Crippen LogP contribution in [-0.2, 0) is 6.54 Å². The average Bonchev–Trinajstić information content (AvgIpc) is 2.64. The predicted octanol–water partition coefficient (Wildman–Crippen LogP) is 2.29. The molecule has 0 saturated carbocycles. The van der Waals surface area contributed by atoms with Gasteiger partial charge in [-0.3, -0.25) is 9.59 Å². The van der Waals surface area contributed by atoms with E-state index in [1.165, 1.54) is 7.11 Å². The van der Waals surface area contributed by atoms with Crippen LogP contribution in [0.25, 0.3) is 0 Å². The molecular weight excluding hydrogens is 320 g/mol. The standard InChI is InChI=1S/C19H20N2O4/c1-3-9-25-16-8-7-15(11-17(16)24-2)19(23)21-12-13-5-4-6-14(10-13)18(20)22/h3-8,10-11H,1,9,12H2,2H3,(H2,20,22)(H,21,23). The summed E-state index contributed by atoms with van der Waals surface area (Å²) in [5.74, 6) is 0.226. The summed E-state index contributed by atoms with van der Waals surface area (Å²) in [5, 5.41) is 2.79. The molecule has 0 bridgehead atoms. The van der Waals surface area contributed by atoms with Gasteiger partial charge in [0.2, 0.25) is 5.91 Å². The Morgan fingerprint density at radius 3 is 2.64 bits per heavy atom. The van der Waals surface area contributed by atoms with Crippen molar-refractivity contribution in [2.24, 2.45) is 5.73 Å². The van der Waals surface area contributed by atoms with Gasteiger partial charge in [0.1, 0.15) is 6.61 Å². The lowest BCUT2D eigenvalue weighted by molar-refractivity contribution is 0.0949. The van der Waals surface area contributed by atoms with E-state index < -0.39 is 5.91 Å². The smallest absolute Gasteiger partial charge is 0.251 e. The fourth-order valence-electron chi connectivity index (χ4n) is 2.20. The molecule has 0 aliphatic carbocycles. The summed E-state index contributed by atoms with van der Waals surface area (Å²) in [4.78, 5) is 23.5. The van der Waals surface area contributed by atoms with Crippen LogP contribution >= 0.6 is 0 Å². The molecule has 0 aliphatic rings. The van der Waals surface area contributed by atoms with Crippen LogP contribution in [0.2, 0.25) is 0 Å². The summed E-state index contributed by atoms with van der Waals surface area (Å²) < 4.78 is 10.7. The molecule has 2 aromatic rings. The number of nitrogens with one attached hydrogen (secondary N) is 1. The molecule has 130 valence electrons. The van der Waals surface area contributed by atoms with Crippen LogP contribution in [0.4, 0.5) is 0 Å². The van der Waals surface area contributed by atoms with E-state index in [1.54, 1.807) is 48.5 Å². The minimum atomic E-state index is -0.506. The summed E-state index contributed by atoms with van der Waals surface area (Å²) in [6, 6.07) is 11.7. The van der Waals surface area contributed by atoms with Gasteiger partial charge in [-0.25, -0.2) is 0 Å². The highest BCUT2D eigenvalue weighted by Gasteiger charge is 2.11. The van der Waals surface area contributed by atoms with Crippen molar-refractivity contribution in [1.29, 1.82) is 0 Å². The van der Waals surface area contributed by atoms with E-state index in [2.05, 4.69) is 11.9 Å². The van der Waals surface area contributed by atoms with Gasteiger partial charge in [0.25, 0.3) is 5.91 Å². The molecule has 2 amide bonds. The van der Waals surface area contributed by atoms with Gasteiger partial charge >= 0.3 is 0 Å². The number of nitrogens with two attached hydrogens (primary N) is 1. The van der Waals surface area contributed by atoms with E-state index in [1.807, 2.05) is 0 Å². The maximum Gasteiger partial charge on any atom is 0.251 e. The summed E-state index contributed by atoms with van der Waals surface area (Å²) in [7, 11) is 1.51. The van der Waals surface area contributed by atoms with Gasteiger partial charge in [-0.15, -0.1) is 0 Å². The molecule has 0 radical (unpaired) electrons. The van der Waals surface area contributed by atoms with Crippen molar-refractivity contribution in [3.05, 3.63) is 71.8 Å². The van der Waals surface area contributed by atoms with E-state index in [9.17, 15) is 9.59 Å². The SMILES string of the molecule is C=CCOc1ccc(C(=O)NCc2cccc(C(N)=O)c2)cc1OC. The van der Waals surface area contributed by atoms with E-state index in [0.29, 0.717) is 29.2 Å². The molecule has 0 aromatic heterocycles. The summed E-state index contributed by atoms with van der Waals surface area (Å²) >= 11 is 0. The van der Waals surface area contributed by atoms with Gasteiger partial charge in [-0.05, 0) is 35.9 Å². The maximum absolute atomic E-state index is 12.3. The number of amides is 2. The molecule has 0 atom stereocenters. The van der Waals surface area contributed by atoms with E-state index in [0.717, 1.165) is 5.56 Å². The Morgan fingerprint density at radius 2 is 1.96 bits per heavy atom. The first kappa shape index (κ1) is 18.1. The summed E-state index contributed by atoms with van der Waals surface area (Å²) in [6.07, 6.45) is 1.63. The molecule has 0 fully saturated rings. The lowest BCUT2D eigenvalue weighted by atomic mass is 10.1. The van der Waals surface area contributed by atoms with E-state index in [-0.39, 0.29) is 12.5 Å². The number of rotatable bonds is 8. The Balaban J connectivity index is 2.06. The lowest BCUT2D eigenvalue weighted by Gasteiger charge is -2.11. The first-order chi connectivity index (χ1) is 12.0. The topological polar surface area (TPSA) is 90.6 Å². The molecule has 0 aliphatic heterocycles. The molecule has 2 aromatic carbocycles. The summed E-state index contributed by atoms with van der Waals surface area (Å²) in [5.41, 5.74) is 6.87. The van der Waals surface area contributed by atoms with Crippen molar-refractivity contribution in [3.63, 3.8) is 0 Å². The van der Waals surface area contributed by atoms with Crippen LogP contribution in [0.3, 0.4) is 0 Å². The molecule has 0 spiro atoms. The molecule has 3 N–H and O–H groups in total. The molecule has 0 saturated heterocycles. The van der Waals surface area contributed by atoms with Gasteiger partial charge in [-0.1, -0.05) is 24.8 Å². The number of hydrogen-bond acceptors (Lipinski definition) is 4. The third-order valence-corrected chi connectivity index (χ3v) is 3.45. The second kappa shape index (κ2) is 8.54. The van der Waals surface area contributed by atoms with Gasteiger partial charge in [0.15, 0.2) is 11.5 Å². The normalized spacial score (nSPS) is 9.96. The van der Waals surface area contributed by atoms with Crippen molar-refractivity contribution >= 4 is 11.8 Å². The Morgan fingerprint density at radius 1 is 1.16 bits per heavy atom. The van der Waals surface area contributed by atoms with Crippen molar-refractivity contribution in [2.45, 2.75) is 6.54 Å². The number of carbonyl (C=O) groups excluding carboxylic acids is 2. The average molecular weight is 340 g/mol. The molecule has 2 rings (SSSR count). The molecule has 25 heavy (non-hydrogen) atoms. The highest BCUT2D eigenvalue weighted by Crippen LogP contribution is 2.28. The van der Waals surface area contributed by atoms with Crippen molar-refractivity contribution < 1.29 is 19.1 Å². The zero-order chi connectivity index (χ0) is 18.2. The van der Waals surface area contributed by atoms with Crippen molar-refractivity contribution in [3.8, 4) is 11.5 Å². The van der Waals surface area contributed by atoms with Crippen LogP contribution in [0.1, 0.15) is 26.3 Å². The Hall–Kier alpha value is -3.28. The second-order valence-corrected chi connectivity index (χ2v) is 5.21. The highest BCUT2D eigenvalue weighted by molar-refractivity contribution is 5.95. The van der Waals surface area contributed by atoms with Crippen LogP contribution in [0.15, 0.2) is 55.1 Å². The predicted molar refractivity (Wildman–Crippen MR) is 94.8 cm³/mol. The third-order valence-electron chi connectivity index (χ3n) is 3.45. The zero-order valence-corrected chi connectivity index (χ0v) is 14.0. The quantitative estimate of drug-likeness (QED) is 0.721. The number of benzene rings is 2. The van der Waals surface area contributed by atoms with Crippen LogP contribution < -0.4 is 20.5 Å². The molecule has 6 nitrogen and oxygen atoms in total. The van der Waals surface area contributed by atoms with Gasteiger partial charge in [0, 0.05) is 17.7 Å². The van der Waals surface area contributed by atoms with Gasteiger partial charge in [-0.2, -0.15) is 0 Å². The fourth-order valence-corrected chi connectivity index (χ4v) is 2.20.